The fourth-order valence-corrected chi connectivity index (χ4v) is 4.83. The molecule has 2 fully saturated rings. The Bertz CT molecular complexity index is 806. The third-order valence-electron chi connectivity index (χ3n) is 5.66. The molecule has 1 saturated carbocycles. The Morgan fingerprint density at radius 3 is 2.69 bits per heavy atom. The van der Waals surface area contributed by atoms with Crippen molar-refractivity contribution in [2.24, 2.45) is 5.92 Å². The van der Waals surface area contributed by atoms with Crippen LogP contribution in [0.4, 0.5) is 0 Å². The van der Waals surface area contributed by atoms with Gasteiger partial charge < -0.3 is 9.47 Å². The number of likely N-dealkylation sites (tertiary alicyclic amines) is 1. The van der Waals surface area contributed by atoms with Crippen molar-refractivity contribution in [3.05, 3.63) is 40.1 Å². The number of hydrogen-bond acceptors (Lipinski definition) is 4. The first-order valence-electron chi connectivity index (χ1n) is 9.53. The number of piperidine rings is 1. The fraction of sp³-hybridized carbons (Fsp3) is 0.550. The summed E-state index contributed by atoms with van der Waals surface area (Å²) in [5.41, 5.74) is 0. The molecule has 1 amide bonds. The summed E-state index contributed by atoms with van der Waals surface area (Å²) in [6.45, 7) is 4.10. The van der Waals surface area contributed by atoms with Crippen LogP contribution in [0.25, 0.3) is 0 Å². The van der Waals surface area contributed by atoms with Crippen molar-refractivity contribution < 1.29 is 9.59 Å². The van der Waals surface area contributed by atoms with Gasteiger partial charge >= 0.3 is 0 Å². The van der Waals surface area contributed by atoms with Crippen molar-refractivity contribution in [3.8, 4) is 0 Å². The average molecular weight is 372 g/mol. The van der Waals surface area contributed by atoms with Gasteiger partial charge in [-0.15, -0.1) is 11.3 Å². The largest absolute Gasteiger partial charge is 0.337 e. The minimum Gasteiger partial charge on any atom is -0.337 e. The van der Waals surface area contributed by atoms with Crippen LogP contribution in [0.2, 0.25) is 0 Å². The molecule has 1 aliphatic carbocycles. The Hall–Kier alpha value is -1.95. The van der Waals surface area contributed by atoms with Crippen LogP contribution in [0.3, 0.4) is 0 Å². The SMILES string of the molecule is CC(=O)c1ccc(C(=O)N2CCC[C@H](c3nccn3CC3CCC3)C2)s1. The quantitative estimate of drug-likeness (QED) is 0.748. The molecule has 1 aliphatic heterocycles. The number of imidazole rings is 1. The Balaban J connectivity index is 1.46. The van der Waals surface area contributed by atoms with Crippen molar-refractivity contribution >= 4 is 23.0 Å². The molecule has 0 N–H and O–H groups in total. The minimum absolute atomic E-state index is 0.0172. The van der Waals surface area contributed by atoms with Crippen LogP contribution in [-0.2, 0) is 6.54 Å². The second-order valence-electron chi connectivity index (χ2n) is 7.55. The van der Waals surface area contributed by atoms with Crippen molar-refractivity contribution in [2.45, 2.75) is 51.5 Å². The van der Waals surface area contributed by atoms with Gasteiger partial charge in [0.2, 0.25) is 0 Å². The van der Waals surface area contributed by atoms with E-state index in [0.29, 0.717) is 22.2 Å². The molecule has 1 saturated heterocycles. The summed E-state index contributed by atoms with van der Waals surface area (Å²) in [5.74, 6) is 2.29. The number of Topliss-reactive ketones (excluding diaryl/α,β-unsaturated/α-hetero) is 1. The lowest BCUT2D eigenvalue weighted by Gasteiger charge is -2.33. The zero-order chi connectivity index (χ0) is 18.1. The third-order valence-corrected chi connectivity index (χ3v) is 6.84. The Morgan fingerprint density at radius 1 is 1.19 bits per heavy atom. The van der Waals surface area contributed by atoms with Gasteiger partial charge in [-0.05, 0) is 50.7 Å². The van der Waals surface area contributed by atoms with E-state index in [0.717, 1.165) is 37.7 Å². The van der Waals surface area contributed by atoms with Crippen LogP contribution in [0.1, 0.15) is 70.1 Å². The first kappa shape index (κ1) is 17.5. The van der Waals surface area contributed by atoms with Crippen LogP contribution in [0.15, 0.2) is 24.5 Å². The number of ketones is 1. The molecule has 4 rings (SSSR count). The fourth-order valence-electron chi connectivity index (χ4n) is 3.96. The van der Waals surface area contributed by atoms with E-state index in [-0.39, 0.29) is 11.7 Å². The van der Waals surface area contributed by atoms with Gasteiger partial charge in [-0.1, -0.05) is 6.42 Å². The van der Waals surface area contributed by atoms with E-state index in [1.165, 1.54) is 30.6 Å². The summed E-state index contributed by atoms with van der Waals surface area (Å²) in [4.78, 5) is 32.2. The molecule has 1 atom stereocenters. The highest BCUT2D eigenvalue weighted by Gasteiger charge is 2.29. The van der Waals surface area contributed by atoms with Gasteiger partial charge in [0.25, 0.3) is 5.91 Å². The average Bonchev–Trinajstić information content (AvgIpc) is 3.27. The molecule has 26 heavy (non-hydrogen) atoms. The number of rotatable bonds is 5. The molecule has 2 aromatic rings. The van der Waals surface area contributed by atoms with E-state index in [4.69, 9.17) is 0 Å². The van der Waals surface area contributed by atoms with Crippen LogP contribution in [-0.4, -0.2) is 39.2 Å². The van der Waals surface area contributed by atoms with Crippen LogP contribution < -0.4 is 0 Å². The predicted molar refractivity (Wildman–Crippen MR) is 102 cm³/mol. The maximum atomic E-state index is 12.9. The molecular formula is C20H25N3O2S. The molecule has 138 valence electrons. The number of hydrogen-bond donors (Lipinski definition) is 0. The van der Waals surface area contributed by atoms with Crippen molar-refractivity contribution in [1.82, 2.24) is 14.5 Å². The number of aromatic nitrogens is 2. The zero-order valence-corrected chi connectivity index (χ0v) is 16.0. The van der Waals surface area contributed by atoms with E-state index >= 15 is 0 Å². The van der Waals surface area contributed by atoms with Crippen LogP contribution >= 0.6 is 11.3 Å². The van der Waals surface area contributed by atoms with Gasteiger partial charge in [0.05, 0.1) is 9.75 Å². The summed E-state index contributed by atoms with van der Waals surface area (Å²) in [5, 5.41) is 0. The second kappa shape index (κ2) is 7.35. The van der Waals surface area contributed by atoms with E-state index in [2.05, 4.69) is 15.7 Å². The summed E-state index contributed by atoms with van der Waals surface area (Å²) < 4.78 is 2.31. The Kier molecular flexibility index (Phi) is 4.94. The van der Waals surface area contributed by atoms with Gasteiger partial charge in [-0.25, -0.2) is 4.98 Å². The highest BCUT2D eigenvalue weighted by Crippen LogP contribution is 2.32. The Labute approximate surface area is 158 Å². The molecule has 0 bridgehead atoms. The van der Waals surface area contributed by atoms with E-state index in [1.54, 1.807) is 19.1 Å². The maximum absolute atomic E-state index is 12.9. The second-order valence-corrected chi connectivity index (χ2v) is 8.63. The number of carbonyl (C=O) groups excluding carboxylic acids is 2. The lowest BCUT2D eigenvalue weighted by Crippen LogP contribution is -2.39. The topological polar surface area (TPSA) is 55.2 Å². The normalized spacial score (nSPS) is 20.8. The van der Waals surface area contributed by atoms with E-state index in [9.17, 15) is 9.59 Å². The number of carbonyl (C=O) groups is 2. The van der Waals surface area contributed by atoms with Crippen LogP contribution in [0.5, 0.6) is 0 Å². The van der Waals surface area contributed by atoms with Crippen molar-refractivity contribution in [1.29, 1.82) is 0 Å². The molecule has 0 spiro atoms. The summed E-state index contributed by atoms with van der Waals surface area (Å²) in [7, 11) is 0. The molecule has 5 nitrogen and oxygen atoms in total. The predicted octanol–water partition coefficient (Wildman–Crippen LogP) is 3.97. The standard InChI is InChI=1S/C20H25N3O2S/c1-14(24)17-7-8-18(26-17)20(25)23-10-3-6-16(13-23)19-21-9-11-22(19)12-15-4-2-5-15/h7-9,11,15-16H,2-6,10,12-13H2,1H3/t16-/m0/s1. The van der Waals surface area contributed by atoms with E-state index in [1.807, 2.05) is 11.1 Å². The molecule has 3 heterocycles. The highest BCUT2D eigenvalue weighted by atomic mass is 32.1. The first-order chi connectivity index (χ1) is 12.6. The van der Waals surface area contributed by atoms with Gasteiger partial charge in [0, 0.05) is 37.9 Å². The molecule has 0 aromatic carbocycles. The monoisotopic (exact) mass is 371 g/mol. The third kappa shape index (κ3) is 3.47. The maximum Gasteiger partial charge on any atom is 0.263 e. The van der Waals surface area contributed by atoms with Gasteiger partial charge in [0.1, 0.15) is 5.82 Å². The lowest BCUT2D eigenvalue weighted by molar-refractivity contribution is 0.0707. The van der Waals surface area contributed by atoms with Crippen LogP contribution in [0, 0.1) is 5.92 Å². The van der Waals surface area contributed by atoms with Crippen molar-refractivity contribution in [2.75, 3.05) is 13.1 Å². The van der Waals surface area contributed by atoms with Crippen molar-refractivity contribution in [3.63, 3.8) is 0 Å². The van der Waals surface area contributed by atoms with Gasteiger partial charge in [-0.2, -0.15) is 0 Å². The molecular weight excluding hydrogens is 346 g/mol. The number of thiophene rings is 1. The van der Waals surface area contributed by atoms with Gasteiger partial charge in [0.15, 0.2) is 5.78 Å². The minimum atomic E-state index is 0.0172. The summed E-state index contributed by atoms with van der Waals surface area (Å²) >= 11 is 1.30. The smallest absolute Gasteiger partial charge is 0.263 e. The molecule has 2 aliphatic rings. The molecule has 0 radical (unpaired) electrons. The summed E-state index contributed by atoms with van der Waals surface area (Å²) in [6, 6.07) is 3.54. The number of nitrogens with zero attached hydrogens (tertiary/aromatic N) is 3. The number of amides is 1. The van der Waals surface area contributed by atoms with Gasteiger partial charge in [-0.3, -0.25) is 9.59 Å². The molecule has 0 unspecified atom stereocenters. The zero-order valence-electron chi connectivity index (χ0n) is 15.2. The molecule has 2 aromatic heterocycles. The van der Waals surface area contributed by atoms with E-state index < -0.39 is 0 Å². The first-order valence-corrected chi connectivity index (χ1v) is 10.3. The molecule has 6 heteroatoms. The highest BCUT2D eigenvalue weighted by molar-refractivity contribution is 7.15. The lowest BCUT2D eigenvalue weighted by atomic mass is 9.85. The summed E-state index contributed by atoms with van der Waals surface area (Å²) in [6.07, 6.45) is 10.1. The Morgan fingerprint density at radius 2 is 2.00 bits per heavy atom.